The van der Waals surface area contributed by atoms with Crippen LogP contribution >= 0.6 is 0 Å². The van der Waals surface area contributed by atoms with Crippen molar-refractivity contribution in [2.45, 2.75) is 46.6 Å². The van der Waals surface area contributed by atoms with Crippen molar-refractivity contribution in [3.63, 3.8) is 0 Å². The molecule has 200 valence electrons. The van der Waals surface area contributed by atoms with Crippen molar-refractivity contribution in [3.8, 4) is 0 Å². The van der Waals surface area contributed by atoms with Crippen molar-refractivity contribution in [1.82, 2.24) is 4.90 Å². The molecule has 0 aliphatic heterocycles. The van der Waals surface area contributed by atoms with E-state index in [-0.39, 0.29) is 18.5 Å². The fraction of sp³-hybridized carbons (Fsp3) is 0.235. The largest absolute Gasteiger partial charge is 0.324 e. The molecular weight excluding hydrogens is 482 g/mol. The smallest absolute Gasteiger partial charge is 0.323 e. The summed E-state index contributed by atoms with van der Waals surface area (Å²) in [5.41, 5.74) is 7.55. The summed E-state index contributed by atoms with van der Waals surface area (Å²) in [6.45, 7) is 7.98. The molecule has 0 unspecified atom stereocenters. The topological polar surface area (TPSA) is 61.4 Å². The minimum absolute atomic E-state index is 0.119. The first-order valence-electron chi connectivity index (χ1n) is 13.6. The summed E-state index contributed by atoms with van der Waals surface area (Å²) in [4.78, 5) is 29.4. The Morgan fingerprint density at radius 1 is 0.641 bits per heavy atom. The lowest BCUT2D eigenvalue weighted by Gasteiger charge is -2.33. The lowest BCUT2D eigenvalue weighted by molar-refractivity contribution is -0.117. The molecule has 0 aliphatic carbocycles. The third-order valence-corrected chi connectivity index (χ3v) is 7.09. The zero-order valence-corrected chi connectivity index (χ0v) is 23.2. The Kier molecular flexibility index (Phi) is 9.16. The van der Waals surface area contributed by atoms with Gasteiger partial charge in [0.25, 0.3) is 0 Å². The molecule has 0 heterocycles. The van der Waals surface area contributed by atoms with Gasteiger partial charge in [0.2, 0.25) is 5.91 Å². The van der Waals surface area contributed by atoms with Crippen LogP contribution in [0.3, 0.4) is 0 Å². The van der Waals surface area contributed by atoms with Gasteiger partial charge in [-0.1, -0.05) is 111 Å². The van der Waals surface area contributed by atoms with Crippen molar-refractivity contribution in [1.29, 1.82) is 0 Å². The number of para-hydroxylation sites is 2. The predicted octanol–water partition coefficient (Wildman–Crippen LogP) is 7.69. The standard InChI is InChI=1S/C34H37N3O2/c1-5-26-21-14-22-27(6-2)32(26)35-30(38)23-37(34(39)36-31-24(3)15-13-16-25(31)4)33(28-17-9-7-10-18-28)29-19-11-8-12-20-29/h7-22,33H,5-6,23H2,1-4H3,(H,35,38)(H,36,39). The molecule has 0 atom stereocenters. The van der Waals surface area contributed by atoms with Crippen LogP contribution in [0.4, 0.5) is 16.2 Å². The summed E-state index contributed by atoms with van der Waals surface area (Å²) < 4.78 is 0. The van der Waals surface area contributed by atoms with E-state index >= 15 is 0 Å². The second kappa shape index (κ2) is 12.9. The van der Waals surface area contributed by atoms with Gasteiger partial charge in [0.15, 0.2) is 0 Å². The van der Waals surface area contributed by atoms with Crippen LogP contribution in [0.25, 0.3) is 0 Å². The Balaban J connectivity index is 1.75. The Morgan fingerprint density at radius 3 is 1.62 bits per heavy atom. The third kappa shape index (κ3) is 6.55. The average molecular weight is 520 g/mol. The van der Waals surface area contributed by atoms with E-state index in [0.29, 0.717) is 0 Å². The number of hydrogen-bond donors (Lipinski definition) is 2. The van der Waals surface area contributed by atoms with Crippen molar-refractivity contribution in [3.05, 3.63) is 130 Å². The lowest BCUT2D eigenvalue weighted by atomic mass is 9.97. The number of urea groups is 1. The summed E-state index contributed by atoms with van der Waals surface area (Å²) >= 11 is 0. The normalized spacial score (nSPS) is 10.8. The van der Waals surface area contributed by atoms with Crippen LogP contribution < -0.4 is 10.6 Å². The van der Waals surface area contributed by atoms with E-state index in [9.17, 15) is 9.59 Å². The first-order valence-corrected chi connectivity index (χ1v) is 13.6. The molecule has 0 aromatic heterocycles. The van der Waals surface area contributed by atoms with Crippen LogP contribution in [0.1, 0.15) is 53.3 Å². The predicted molar refractivity (Wildman–Crippen MR) is 160 cm³/mol. The van der Waals surface area contributed by atoms with Crippen molar-refractivity contribution < 1.29 is 9.59 Å². The molecule has 0 saturated heterocycles. The highest BCUT2D eigenvalue weighted by atomic mass is 16.2. The van der Waals surface area contributed by atoms with Crippen LogP contribution in [0.2, 0.25) is 0 Å². The van der Waals surface area contributed by atoms with Crippen LogP contribution in [0.15, 0.2) is 97.1 Å². The van der Waals surface area contributed by atoms with Crippen LogP contribution in [0, 0.1) is 13.8 Å². The molecule has 0 bridgehead atoms. The molecule has 4 rings (SSSR count). The Bertz CT molecular complexity index is 1340. The molecule has 0 aliphatic rings. The van der Waals surface area contributed by atoms with E-state index in [1.807, 2.05) is 111 Å². The number of carbonyl (C=O) groups excluding carboxylic acids is 2. The van der Waals surface area contributed by atoms with Gasteiger partial charge in [0.1, 0.15) is 6.54 Å². The number of hydrogen-bond acceptors (Lipinski definition) is 2. The van der Waals surface area contributed by atoms with E-state index in [0.717, 1.165) is 57.6 Å². The van der Waals surface area contributed by atoms with Crippen LogP contribution in [0.5, 0.6) is 0 Å². The van der Waals surface area contributed by atoms with Crippen LogP contribution in [-0.2, 0) is 17.6 Å². The summed E-state index contributed by atoms with van der Waals surface area (Å²) in [5, 5.41) is 6.27. The second-order valence-corrected chi connectivity index (χ2v) is 9.76. The zero-order chi connectivity index (χ0) is 27.8. The van der Waals surface area contributed by atoms with Gasteiger partial charge in [-0.15, -0.1) is 0 Å². The molecule has 0 fully saturated rings. The highest BCUT2D eigenvalue weighted by molar-refractivity contribution is 5.98. The molecule has 2 N–H and O–H groups in total. The Labute approximate surface area is 231 Å². The number of carbonyl (C=O) groups is 2. The van der Waals surface area contributed by atoms with Crippen molar-refractivity contribution in [2.24, 2.45) is 0 Å². The third-order valence-electron chi connectivity index (χ3n) is 7.09. The van der Waals surface area contributed by atoms with E-state index in [1.54, 1.807) is 4.90 Å². The second-order valence-electron chi connectivity index (χ2n) is 9.76. The molecule has 5 heteroatoms. The number of anilines is 2. The monoisotopic (exact) mass is 519 g/mol. The average Bonchev–Trinajstić information content (AvgIpc) is 2.96. The van der Waals surface area contributed by atoms with E-state index in [2.05, 4.69) is 24.5 Å². The lowest BCUT2D eigenvalue weighted by Crippen LogP contribution is -2.43. The van der Waals surface area contributed by atoms with Crippen LogP contribution in [-0.4, -0.2) is 23.4 Å². The number of aryl methyl sites for hydroxylation is 4. The number of nitrogens with zero attached hydrogens (tertiary/aromatic N) is 1. The quantitative estimate of drug-likeness (QED) is 0.238. The van der Waals surface area contributed by atoms with E-state index in [1.165, 1.54) is 0 Å². The van der Waals surface area contributed by atoms with E-state index < -0.39 is 6.04 Å². The highest BCUT2D eigenvalue weighted by Crippen LogP contribution is 2.31. The number of rotatable bonds is 9. The molecular formula is C34H37N3O2. The maximum absolute atomic E-state index is 14.1. The molecule has 0 radical (unpaired) electrons. The van der Waals surface area contributed by atoms with Crippen molar-refractivity contribution in [2.75, 3.05) is 17.2 Å². The van der Waals surface area contributed by atoms with Gasteiger partial charge in [-0.05, 0) is 60.1 Å². The molecule has 5 nitrogen and oxygen atoms in total. The number of nitrogens with one attached hydrogen (secondary N) is 2. The molecule has 0 saturated carbocycles. The van der Waals surface area contributed by atoms with Crippen molar-refractivity contribution >= 4 is 23.3 Å². The minimum atomic E-state index is -0.463. The zero-order valence-electron chi connectivity index (χ0n) is 23.2. The highest BCUT2D eigenvalue weighted by Gasteiger charge is 2.30. The SMILES string of the molecule is CCc1cccc(CC)c1NC(=O)CN(C(=O)Nc1c(C)cccc1C)C(c1ccccc1)c1ccccc1. The first-order chi connectivity index (χ1) is 18.9. The summed E-state index contributed by atoms with van der Waals surface area (Å²) in [5.74, 6) is -0.237. The Hall–Kier alpha value is -4.38. The van der Waals surface area contributed by atoms with Gasteiger partial charge < -0.3 is 15.5 Å². The van der Waals surface area contributed by atoms with Gasteiger partial charge >= 0.3 is 6.03 Å². The number of benzene rings is 4. The van der Waals surface area contributed by atoms with E-state index in [4.69, 9.17) is 0 Å². The molecule has 0 spiro atoms. The first kappa shape index (κ1) is 27.6. The van der Waals surface area contributed by atoms with Gasteiger partial charge in [-0.3, -0.25) is 4.79 Å². The van der Waals surface area contributed by atoms with Gasteiger partial charge in [0, 0.05) is 11.4 Å². The molecule has 3 amide bonds. The summed E-state index contributed by atoms with van der Waals surface area (Å²) in [7, 11) is 0. The van der Waals surface area contributed by atoms with Gasteiger partial charge in [-0.25, -0.2) is 4.79 Å². The minimum Gasteiger partial charge on any atom is -0.324 e. The number of amides is 3. The Morgan fingerprint density at radius 2 is 1.13 bits per heavy atom. The molecule has 39 heavy (non-hydrogen) atoms. The molecule has 4 aromatic carbocycles. The fourth-order valence-corrected chi connectivity index (χ4v) is 5.03. The fourth-order valence-electron chi connectivity index (χ4n) is 5.03. The van der Waals surface area contributed by atoms with Gasteiger partial charge in [0.05, 0.1) is 6.04 Å². The van der Waals surface area contributed by atoms with Gasteiger partial charge in [-0.2, -0.15) is 0 Å². The summed E-state index contributed by atoms with van der Waals surface area (Å²) in [6, 6.07) is 30.9. The maximum Gasteiger partial charge on any atom is 0.323 e. The molecule has 4 aromatic rings. The summed E-state index contributed by atoms with van der Waals surface area (Å²) in [6.07, 6.45) is 1.60. The maximum atomic E-state index is 14.1.